The van der Waals surface area contributed by atoms with Crippen molar-refractivity contribution in [3.63, 3.8) is 0 Å². The van der Waals surface area contributed by atoms with Gasteiger partial charge >= 0.3 is 0 Å². The number of nitrogens with zero attached hydrogens (tertiary/aromatic N) is 1. The smallest absolute Gasteiger partial charge is 0.191 e. The van der Waals surface area contributed by atoms with Crippen molar-refractivity contribution in [2.45, 2.75) is 31.7 Å². The topological polar surface area (TPSA) is 94.9 Å². The van der Waals surface area contributed by atoms with Crippen molar-refractivity contribution in [2.24, 2.45) is 0 Å². The number of benzene rings is 2. The highest BCUT2D eigenvalue weighted by Crippen LogP contribution is 2.38. The van der Waals surface area contributed by atoms with Gasteiger partial charge in [-0.15, -0.1) is 0 Å². The van der Waals surface area contributed by atoms with Crippen molar-refractivity contribution in [2.75, 3.05) is 31.0 Å². The summed E-state index contributed by atoms with van der Waals surface area (Å²) in [5.74, 6) is 1.29. The molecule has 2 heterocycles. The molecule has 31 heavy (non-hydrogen) atoms. The van der Waals surface area contributed by atoms with Gasteiger partial charge in [-0.3, -0.25) is 10.2 Å². The Bertz CT molecular complexity index is 998. The first kappa shape index (κ1) is 20.9. The first-order chi connectivity index (χ1) is 15.1. The predicted molar refractivity (Wildman–Crippen MR) is 120 cm³/mol. The minimum Gasteiger partial charge on any atom is -0.497 e. The van der Waals surface area contributed by atoms with Gasteiger partial charge < -0.3 is 24.8 Å². The Balaban J connectivity index is 1.76. The third-order valence-corrected chi connectivity index (χ3v) is 5.81. The number of Topliss-reactive ketones (excluding diaryl/α,β-unsaturated/α-hetero) is 1. The molecule has 1 fully saturated rings. The summed E-state index contributed by atoms with van der Waals surface area (Å²) in [5.41, 5.74) is 3.95. The van der Waals surface area contributed by atoms with Crippen LogP contribution in [0.1, 0.15) is 24.8 Å². The van der Waals surface area contributed by atoms with Gasteiger partial charge in [-0.1, -0.05) is 18.2 Å². The van der Waals surface area contributed by atoms with E-state index in [4.69, 9.17) is 14.9 Å². The van der Waals surface area contributed by atoms with E-state index in [1.54, 1.807) is 25.2 Å². The number of fused-ring (bicyclic) bond motifs is 1. The van der Waals surface area contributed by atoms with Gasteiger partial charge in [-0.25, -0.2) is 0 Å². The minimum absolute atomic E-state index is 0.0694. The summed E-state index contributed by atoms with van der Waals surface area (Å²) in [6.45, 7) is 0.0795. The highest BCUT2D eigenvalue weighted by Gasteiger charge is 2.43. The Hall–Kier alpha value is -3.32. The van der Waals surface area contributed by atoms with Crippen LogP contribution in [0.5, 0.6) is 11.5 Å². The predicted octanol–water partition coefficient (Wildman–Crippen LogP) is 3.52. The van der Waals surface area contributed by atoms with E-state index in [0.717, 1.165) is 16.9 Å². The van der Waals surface area contributed by atoms with E-state index in [9.17, 15) is 9.90 Å². The van der Waals surface area contributed by atoms with Crippen molar-refractivity contribution in [1.29, 1.82) is 5.41 Å². The second-order valence-corrected chi connectivity index (χ2v) is 7.70. The molecular weight excluding hydrogens is 394 g/mol. The number of nitrogens with one attached hydrogen (secondary N) is 2. The third-order valence-electron chi connectivity index (χ3n) is 5.81. The second kappa shape index (κ2) is 8.81. The highest BCUT2D eigenvalue weighted by molar-refractivity contribution is 6.35. The lowest BCUT2D eigenvalue weighted by Gasteiger charge is -2.25. The van der Waals surface area contributed by atoms with E-state index in [0.29, 0.717) is 48.4 Å². The molecule has 7 nitrogen and oxygen atoms in total. The summed E-state index contributed by atoms with van der Waals surface area (Å²) < 4.78 is 10.8. The van der Waals surface area contributed by atoms with Crippen LogP contribution in [0.4, 0.5) is 11.4 Å². The number of ketones is 1. The number of hydrogen-bond acceptors (Lipinski definition) is 6. The first-order valence-electron chi connectivity index (χ1n) is 10.4. The molecule has 162 valence electrons. The van der Waals surface area contributed by atoms with E-state index in [1.807, 2.05) is 36.4 Å². The molecule has 0 saturated carbocycles. The fourth-order valence-corrected chi connectivity index (χ4v) is 4.26. The molecular formula is C24H27N3O4. The molecule has 7 heteroatoms. The highest BCUT2D eigenvalue weighted by atomic mass is 16.5. The van der Waals surface area contributed by atoms with Crippen molar-refractivity contribution < 1.29 is 19.4 Å². The zero-order chi connectivity index (χ0) is 22.0. The number of amidine groups is 1. The molecule has 2 aromatic carbocycles. The maximum Gasteiger partial charge on any atom is 0.191 e. The number of hydrogen-bond donors (Lipinski definition) is 3. The van der Waals surface area contributed by atoms with Gasteiger partial charge in [0.2, 0.25) is 0 Å². The van der Waals surface area contributed by atoms with Crippen LogP contribution < -0.4 is 19.7 Å². The van der Waals surface area contributed by atoms with Gasteiger partial charge in [0.05, 0.1) is 31.5 Å². The molecule has 2 aliphatic rings. The largest absolute Gasteiger partial charge is 0.497 e. The lowest BCUT2D eigenvalue weighted by molar-refractivity contribution is -0.115. The molecule has 2 aliphatic heterocycles. The Labute approximate surface area is 181 Å². The molecule has 3 N–H and O–H groups in total. The summed E-state index contributed by atoms with van der Waals surface area (Å²) in [7, 11) is 3.15. The van der Waals surface area contributed by atoms with Crippen LogP contribution in [0.25, 0.3) is 0 Å². The Morgan fingerprint density at radius 3 is 2.48 bits per heavy atom. The molecule has 0 spiro atoms. The number of carbonyl (C=O) groups is 1. The minimum atomic E-state index is -0.510. The summed E-state index contributed by atoms with van der Waals surface area (Å²) in [6.07, 6.45) is 2.44. The number of rotatable bonds is 7. The van der Waals surface area contributed by atoms with Crippen molar-refractivity contribution in [1.82, 2.24) is 0 Å². The van der Waals surface area contributed by atoms with E-state index in [1.165, 1.54) is 0 Å². The molecule has 1 saturated heterocycles. The SMILES string of the molecule is COc1cc(OC)cc(N2C(=N)C(=C3Cc4ccccc4N3)C(=O)C2CCCCO)c1. The van der Waals surface area contributed by atoms with E-state index >= 15 is 0 Å². The zero-order valence-electron chi connectivity index (χ0n) is 17.8. The monoisotopic (exact) mass is 421 g/mol. The van der Waals surface area contributed by atoms with Gasteiger partial charge in [-0.2, -0.15) is 0 Å². The fraction of sp³-hybridized carbons (Fsp3) is 0.333. The summed E-state index contributed by atoms with van der Waals surface area (Å²) >= 11 is 0. The van der Waals surface area contributed by atoms with Crippen molar-refractivity contribution in [3.05, 3.63) is 59.3 Å². The molecule has 0 radical (unpaired) electrons. The standard InChI is InChI=1S/C24H27N3O4/c1-30-17-12-16(13-18(14-17)31-2)27-21(9-5-6-10-28)23(29)22(24(27)25)20-11-15-7-3-4-8-19(15)26-20/h3-4,7-8,12-14,21,25-26,28H,5-6,9-11H2,1-2H3. The normalized spacial score (nSPS) is 20.1. The van der Waals surface area contributed by atoms with Crippen LogP contribution in [0.15, 0.2) is 53.7 Å². The number of aliphatic hydroxyl groups excluding tert-OH is 1. The van der Waals surface area contributed by atoms with Gasteiger partial charge in [0, 0.05) is 42.6 Å². The van der Waals surface area contributed by atoms with Gasteiger partial charge in [0.1, 0.15) is 17.3 Å². The maximum atomic E-state index is 13.5. The van der Waals surface area contributed by atoms with Crippen LogP contribution in [-0.4, -0.2) is 43.6 Å². The second-order valence-electron chi connectivity index (χ2n) is 7.70. The van der Waals surface area contributed by atoms with E-state index < -0.39 is 6.04 Å². The first-order valence-corrected chi connectivity index (χ1v) is 10.4. The average Bonchev–Trinajstić information content (AvgIpc) is 3.31. The summed E-state index contributed by atoms with van der Waals surface area (Å²) in [6, 6.07) is 12.8. The number of allylic oxidation sites excluding steroid dienone is 1. The number of carbonyl (C=O) groups excluding carboxylic acids is 1. The number of anilines is 2. The van der Waals surface area contributed by atoms with E-state index in [-0.39, 0.29) is 18.2 Å². The van der Waals surface area contributed by atoms with E-state index in [2.05, 4.69) is 5.32 Å². The maximum absolute atomic E-state index is 13.5. The van der Waals surface area contributed by atoms with Gasteiger partial charge in [0.25, 0.3) is 0 Å². The Kier molecular flexibility index (Phi) is 5.95. The molecule has 0 aliphatic carbocycles. The number of ether oxygens (including phenoxy) is 2. The fourth-order valence-electron chi connectivity index (χ4n) is 4.26. The van der Waals surface area contributed by atoms with Crippen LogP contribution in [-0.2, 0) is 11.2 Å². The van der Waals surface area contributed by atoms with Crippen molar-refractivity contribution in [3.8, 4) is 11.5 Å². The van der Waals surface area contributed by atoms with Crippen LogP contribution >= 0.6 is 0 Å². The molecule has 1 unspecified atom stereocenters. The van der Waals surface area contributed by atoms with Crippen LogP contribution in [0.2, 0.25) is 0 Å². The Morgan fingerprint density at radius 1 is 1.13 bits per heavy atom. The summed E-state index contributed by atoms with van der Waals surface area (Å²) in [4.78, 5) is 15.3. The Morgan fingerprint density at radius 2 is 1.84 bits per heavy atom. The number of methoxy groups -OCH3 is 2. The molecule has 4 rings (SSSR count). The zero-order valence-corrected chi connectivity index (χ0v) is 17.8. The molecule has 1 atom stereocenters. The number of para-hydroxylation sites is 1. The molecule has 0 aromatic heterocycles. The average molecular weight is 421 g/mol. The van der Waals surface area contributed by atoms with Crippen LogP contribution in [0, 0.1) is 5.41 Å². The van der Waals surface area contributed by atoms with Gasteiger partial charge in [0.15, 0.2) is 5.78 Å². The number of unbranched alkanes of at least 4 members (excludes halogenated alkanes) is 1. The molecule has 0 amide bonds. The lowest BCUT2D eigenvalue weighted by atomic mass is 10.0. The number of aliphatic hydroxyl groups is 1. The lowest BCUT2D eigenvalue weighted by Crippen LogP contribution is -2.35. The summed E-state index contributed by atoms with van der Waals surface area (Å²) in [5, 5.41) is 21.5. The third kappa shape index (κ3) is 3.88. The van der Waals surface area contributed by atoms with Gasteiger partial charge in [-0.05, 0) is 30.9 Å². The quantitative estimate of drug-likeness (QED) is 0.468. The van der Waals surface area contributed by atoms with Crippen molar-refractivity contribution >= 4 is 23.0 Å². The van der Waals surface area contributed by atoms with Crippen LogP contribution in [0.3, 0.4) is 0 Å². The molecule has 0 bridgehead atoms. The molecule has 2 aromatic rings.